The minimum Gasteiger partial charge on any atom is -0.479 e. The number of nitrogens with one attached hydrogen (secondary N) is 1. The van der Waals surface area contributed by atoms with Gasteiger partial charge in [-0.05, 0) is 32.9 Å². The van der Waals surface area contributed by atoms with E-state index in [9.17, 15) is 14.0 Å². The number of carbonyl (C=O) groups excluding carboxylic acids is 1. The van der Waals surface area contributed by atoms with Gasteiger partial charge in [0, 0.05) is 10.6 Å². The summed E-state index contributed by atoms with van der Waals surface area (Å²) in [5.74, 6) is -1.93. The maximum Gasteiger partial charge on any atom is 0.408 e. The van der Waals surface area contributed by atoms with Crippen LogP contribution in [0.25, 0.3) is 0 Å². The number of hydrogen-bond acceptors (Lipinski definition) is 3. The summed E-state index contributed by atoms with van der Waals surface area (Å²) in [6.45, 7) is 4.94. The second-order valence-electron chi connectivity index (χ2n) is 5.08. The monoisotopic (exact) mass is 303 g/mol. The van der Waals surface area contributed by atoms with Crippen LogP contribution in [0, 0.1) is 5.82 Å². The molecule has 20 heavy (non-hydrogen) atoms. The summed E-state index contributed by atoms with van der Waals surface area (Å²) in [6, 6.07) is 1.82. The second kappa shape index (κ2) is 6.09. The molecule has 5 nitrogen and oxygen atoms in total. The van der Waals surface area contributed by atoms with Gasteiger partial charge in [-0.1, -0.05) is 17.7 Å². The number of halogens is 2. The number of ether oxygens (including phenoxy) is 1. The van der Waals surface area contributed by atoms with Gasteiger partial charge in [0.15, 0.2) is 6.04 Å². The summed E-state index contributed by atoms with van der Waals surface area (Å²) in [7, 11) is 0. The van der Waals surface area contributed by atoms with Gasteiger partial charge in [0.25, 0.3) is 0 Å². The first-order valence-electron chi connectivity index (χ1n) is 5.77. The molecular weight excluding hydrogens is 289 g/mol. The van der Waals surface area contributed by atoms with Gasteiger partial charge in [0.05, 0.1) is 0 Å². The van der Waals surface area contributed by atoms with Gasteiger partial charge < -0.3 is 15.2 Å². The van der Waals surface area contributed by atoms with Crippen molar-refractivity contribution in [3.8, 4) is 0 Å². The number of carbonyl (C=O) groups is 2. The van der Waals surface area contributed by atoms with Crippen molar-refractivity contribution in [2.45, 2.75) is 32.4 Å². The van der Waals surface area contributed by atoms with Crippen LogP contribution in [-0.4, -0.2) is 22.8 Å². The zero-order valence-corrected chi connectivity index (χ0v) is 12.0. The van der Waals surface area contributed by atoms with Crippen LogP contribution < -0.4 is 5.32 Å². The second-order valence-corrected chi connectivity index (χ2v) is 5.49. The first-order chi connectivity index (χ1) is 9.10. The Morgan fingerprint density at radius 1 is 1.40 bits per heavy atom. The number of carboxylic acids is 1. The SMILES string of the molecule is CC(C)(C)OC(=O)NC(C(=O)O)c1ccc(F)cc1Cl. The molecule has 0 heterocycles. The lowest BCUT2D eigenvalue weighted by molar-refractivity contribution is -0.139. The van der Waals surface area contributed by atoms with Crippen LogP contribution in [0.3, 0.4) is 0 Å². The molecular formula is C13H15ClFNO4. The first kappa shape index (κ1) is 16.2. The van der Waals surface area contributed by atoms with E-state index in [2.05, 4.69) is 5.32 Å². The number of alkyl carbamates (subject to hydrolysis) is 1. The third-order valence-corrected chi connectivity index (χ3v) is 2.51. The van der Waals surface area contributed by atoms with Gasteiger partial charge in [-0.2, -0.15) is 0 Å². The molecule has 0 aliphatic rings. The standard InChI is InChI=1S/C13H15ClFNO4/c1-13(2,3)20-12(19)16-10(11(17)18)8-5-4-7(15)6-9(8)14/h4-6,10H,1-3H3,(H,16,19)(H,17,18). The zero-order chi connectivity index (χ0) is 15.5. The van der Waals surface area contributed by atoms with Gasteiger partial charge in [-0.25, -0.2) is 14.0 Å². The van der Waals surface area contributed by atoms with Crippen molar-refractivity contribution < 1.29 is 23.8 Å². The van der Waals surface area contributed by atoms with Gasteiger partial charge in [-0.3, -0.25) is 0 Å². The highest BCUT2D eigenvalue weighted by Crippen LogP contribution is 2.24. The third kappa shape index (κ3) is 4.70. The third-order valence-electron chi connectivity index (χ3n) is 2.18. The highest BCUT2D eigenvalue weighted by atomic mass is 35.5. The van der Waals surface area contributed by atoms with E-state index in [1.54, 1.807) is 20.8 Å². The number of rotatable bonds is 3. The molecule has 1 amide bonds. The molecule has 0 saturated heterocycles. The van der Waals surface area contributed by atoms with Crippen molar-refractivity contribution in [3.63, 3.8) is 0 Å². The van der Waals surface area contributed by atoms with Crippen molar-refractivity contribution >= 4 is 23.7 Å². The molecule has 0 fully saturated rings. The summed E-state index contributed by atoms with van der Waals surface area (Å²) in [4.78, 5) is 22.8. The van der Waals surface area contributed by atoms with Crippen LogP contribution in [0.5, 0.6) is 0 Å². The Balaban J connectivity index is 2.96. The molecule has 0 saturated carbocycles. The quantitative estimate of drug-likeness (QED) is 0.899. The fraction of sp³-hybridized carbons (Fsp3) is 0.385. The van der Waals surface area contributed by atoms with Gasteiger partial charge >= 0.3 is 12.1 Å². The summed E-state index contributed by atoms with van der Waals surface area (Å²) < 4.78 is 17.9. The van der Waals surface area contributed by atoms with Gasteiger partial charge in [0.2, 0.25) is 0 Å². The van der Waals surface area contributed by atoms with Crippen molar-refractivity contribution in [2.24, 2.45) is 0 Å². The molecule has 1 rings (SSSR count). The topological polar surface area (TPSA) is 75.6 Å². The fourth-order valence-electron chi connectivity index (χ4n) is 1.43. The molecule has 0 spiro atoms. The van der Waals surface area contributed by atoms with E-state index in [4.69, 9.17) is 21.4 Å². The predicted molar refractivity (Wildman–Crippen MR) is 71.2 cm³/mol. The van der Waals surface area contributed by atoms with Crippen molar-refractivity contribution in [1.29, 1.82) is 0 Å². The molecule has 1 aromatic rings. The largest absolute Gasteiger partial charge is 0.479 e. The average Bonchev–Trinajstić information content (AvgIpc) is 2.23. The molecule has 7 heteroatoms. The van der Waals surface area contributed by atoms with Crippen molar-refractivity contribution in [3.05, 3.63) is 34.6 Å². The smallest absolute Gasteiger partial charge is 0.408 e. The molecule has 1 unspecified atom stereocenters. The first-order valence-corrected chi connectivity index (χ1v) is 6.15. The Morgan fingerprint density at radius 3 is 2.45 bits per heavy atom. The lowest BCUT2D eigenvalue weighted by Gasteiger charge is -2.22. The van der Waals surface area contributed by atoms with E-state index >= 15 is 0 Å². The Labute approximate surface area is 120 Å². The summed E-state index contributed by atoms with van der Waals surface area (Å²) in [6.07, 6.45) is -0.898. The number of amides is 1. The Kier molecular flexibility index (Phi) is 4.94. The minimum atomic E-state index is -1.42. The van der Waals surface area contributed by atoms with E-state index in [0.29, 0.717) is 0 Å². The molecule has 1 atom stereocenters. The van der Waals surface area contributed by atoms with Crippen LogP contribution in [0.2, 0.25) is 5.02 Å². The Hall–Kier alpha value is -1.82. The molecule has 0 aliphatic carbocycles. The maximum absolute atomic E-state index is 13.0. The van der Waals surface area contributed by atoms with E-state index < -0.39 is 29.5 Å². The van der Waals surface area contributed by atoms with Crippen LogP contribution in [0.1, 0.15) is 32.4 Å². The van der Waals surface area contributed by atoms with Crippen molar-refractivity contribution in [2.75, 3.05) is 0 Å². The average molecular weight is 304 g/mol. The molecule has 2 N–H and O–H groups in total. The molecule has 1 aromatic carbocycles. The Morgan fingerprint density at radius 2 is 2.00 bits per heavy atom. The van der Waals surface area contributed by atoms with E-state index in [-0.39, 0.29) is 10.6 Å². The molecule has 0 bridgehead atoms. The summed E-state index contributed by atoms with van der Waals surface area (Å²) in [5.41, 5.74) is -0.689. The van der Waals surface area contributed by atoms with Gasteiger partial charge in [-0.15, -0.1) is 0 Å². The van der Waals surface area contributed by atoms with Crippen molar-refractivity contribution in [1.82, 2.24) is 5.32 Å². The predicted octanol–water partition coefficient (Wildman–Crippen LogP) is 3.13. The molecule has 0 aliphatic heterocycles. The lowest BCUT2D eigenvalue weighted by atomic mass is 10.1. The maximum atomic E-state index is 13.0. The normalized spacial score (nSPS) is 12.7. The molecule has 110 valence electrons. The number of benzene rings is 1. The highest BCUT2D eigenvalue weighted by molar-refractivity contribution is 6.31. The Bertz CT molecular complexity index is 528. The zero-order valence-electron chi connectivity index (χ0n) is 11.2. The van der Waals surface area contributed by atoms with Crippen LogP contribution in [0.4, 0.5) is 9.18 Å². The number of hydrogen-bond donors (Lipinski definition) is 2. The highest BCUT2D eigenvalue weighted by Gasteiger charge is 2.27. The summed E-state index contributed by atoms with van der Waals surface area (Å²) >= 11 is 5.79. The number of aliphatic carboxylic acids is 1. The number of carboxylic acid groups (broad SMARTS) is 1. The lowest BCUT2D eigenvalue weighted by Crippen LogP contribution is -2.38. The van der Waals surface area contributed by atoms with Crippen LogP contribution in [0.15, 0.2) is 18.2 Å². The van der Waals surface area contributed by atoms with E-state index in [1.165, 1.54) is 6.07 Å². The summed E-state index contributed by atoms with van der Waals surface area (Å²) in [5, 5.41) is 11.2. The molecule has 0 radical (unpaired) electrons. The van der Waals surface area contributed by atoms with Crippen LogP contribution in [-0.2, 0) is 9.53 Å². The van der Waals surface area contributed by atoms with E-state index in [0.717, 1.165) is 12.1 Å². The minimum absolute atomic E-state index is 0.0754. The van der Waals surface area contributed by atoms with Gasteiger partial charge in [0.1, 0.15) is 11.4 Å². The fourth-order valence-corrected chi connectivity index (χ4v) is 1.71. The van der Waals surface area contributed by atoms with E-state index in [1.807, 2.05) is 0 Å². The van der Waals surface area contributed by atoms with Crippen LogP contribution >= 0.6 is 11.6 Å². The molecule has 0 aromatic heterocycles.